The summed E-state index contributed by atoms with van der Waals surface area (Å²) in [5, 5.41) is 13.7. The Morgan fingerprint density at radius 3 is 2.00 bits per heavy atom. The quantitative estimate of drug-likeness (QED) is 0.242. The number of hydrogen-bond acceptors (Lipinski definition) is 4. The van der Waals surface area contributed by atoms with Crippen LogP contribution in [0.15, 0.2) is 73.1 Å². The van der Waals surface area contributed by atoms with Gasteiger partial charge in [0.2, 0.25) is 0 Å². The van der Waals surface area contributed by atoms with Gasteiger partial charge in [0.1, 0.15) is 6.07 Å². The second-order valence-corrected chi connectivity index (χ2v) is 7.19. The van der Waals surface area contributed by atoms with Crippen LogP contribution in [0.1, 0.15) is 16.7 Å². The molecule has 0 spiro atoms. The molecule has 2 aromatic heterocycles. The van der Waals surface area contributed by atoms with E-state index in [1.807, 2.05) is 6.07 Å². The highest BCUT2D eigenvalue weighted by Crippen LogP contribution is 2.39. The fourth-order valence-electron chi connectivity index (χ4n) is 3.37. The van der Waals surface area contributed by atoms with Crippen molar-refractivity contribution in [1.29, 1.82) is 5.26 Å². The summed E-state index contributed by atoms with van der Waals surface area (Å²) >= 11 is 0. The van der Waals surface area contributed by atoms with Crippen molar-refractivity contribution in [3.63, 3.8) is 0 Å². The molecule has 2 heterocycles. The van der Waals surface area contributed by atoms with E-state index in [1.54, 1.807) is 12.1 Å². The molecular formula is C24H13F6N5. The van der Waals surface area contributed by atoms with Crippen molar-refractivity contribution < 1.29 is 26.3 Å². The first kappa shape index (κ1) is 23.7. The number of halogens is 6. The van der Waals surface area contributed by atoms with Crippen molar-refractivity contribution in [3.8, 4) is 28.8 Å². The zero-order chi connectivity index (χ0) is 25.2. The maximum absolute atomic E-state index is 13.7. The molecule has 0 N–H and O–H groups in total. The summed E-state index contributed by atoms with van der Waals surface area (Å²) in [7, 11) is 0. The highest BCUT2D eigenvalue weighted by Gasteiger charge is 2.36. The molecular weight excluding hydrogens is 472 g/mol. The van der Waals surface area contributed by atoms with Gasteiger partial charge in [0, 0.05) is 35.3 Å². The highest BCUT2D eigenvalue weighted by atomic mass is 19.4. The highest BCUT2D eigenvalue weighted by molar-refractivity contribution is 5.85. The number of benzene rings is 2. The monoisotopic (exact) mass is 485 g/mol. The normalized spacial score (nSPS) is 12.4. The minimum absolute atomic E-state index is 0.0376. The minimum Gasteiger partial charge on any atom is -0.264 e. The van der Waals surface area contributed by atoms with Crippen LogP contribution in [0.4, 0.5) is 26.3 Å². The third kappa shape index (κ3) is 4.91. The lowest BCUT2D eigenvalue weighted by Crippen LogP contribution is -2.08. The molecule has 0 aliphatic rings. The zero-order valence-electron chi connectivity index (χ0n) is 17.5. The SMILES string of the molecule is N#C/C(=C/n1nc(-c2ccccc2C(F)(F)F)nc1-c1ccccc1C(F)(F)F)c1cccnc1. The number of pyridine rings is 1. The second kappa shape index (κ2) is 9.06. The largest absolute Gasteiger partial charge is 0.417 e. The molecule has 0 saturated carbocycles. The van der Waals surface area contributed by atoms with Gasteiger partial charge in [-0.25, -0.2) is 9.67 Å². The van der Waals surface area contributed by atoms with Gasteiger partial charge in [0.25, 0.3) is 0 Å². The van der Waals surface area contributed by atoms with Crippen LogP contribution in [0, 0.1) is 11.3 Å². The molecule has 0 aliphatic carbocycles. The number of alkyl halides is 6. The molecule has 0 bridgehead atoms. The van der Waals surface area contributed by atoms with Crippen molar-refractivity contribution in [2.45, 2.75) is 12.4 Å². The number of nitriles is 1. The Morgan fingerprint density at radius 1 is 0.829 bits per heavy atom. The molecule has 0 radical (unpaired) electrons. The molecule has 176 valence electrons. The third-order valence-corrected chi connectivity index (χ3v) is 4.92. The number of aromatic nitrogens is 4. The van der Waals surface area contributed by atoms with Crippen LogP contribution in [-0.2, 0) is 12.4 Å². The van der Waals surface area contributed by atoms with E-state index >= 15 is 0 Å². The lowest BCUT2D eigenvalue weighted by atomic mass is 10.1. The lowest BCUT2D eigenvalue weighted by Gasteiger charge is -2.12. The predicted molar refractivity (Wildman–Crippen MR) is 115 cm³/mol. The van der Waals surface area contributed by atoms with E-state index in [0.29, 0.717) is 5.56 Å². The van der Waals surface area contributed by atoms with Crippen LogP contribution in [0.25, 0.3) is 34.5 Å². The van der Waals surface area contributed by atoms with Crippen LogP contribution in [0.5, 0.6) is 0 Å². The molecule has 0 aliphatic heterocycles. The third-order valence-electron chi connectivity index (χ3n) is 4.92. The van der Waals surface area contributed by atoms with Crippen LogP contribution in [0.3, 0.4) is 0 Å². The van der Waals surface area contributed by atoms with E-state index in [-0.39, 0.29) is 11.4 Å². The fourth-order valence-corrected chi connectivity index (χ4v) is 3.37. The van der Waals surface area contributed by atoms with Crippen molar-refractivity contribution in [2.75, 3.05) is 0 Å². The Kier molecular flexibility index (Phi) is 6.13. The number of nitrogens with zero attached hydrogens (tertiary/aromatic N) is 5. The Morgan fingerprint density at radius 2 is 1.43 bits per heavy atom. The Labute approximate surface area is 194 Å². The van der Waals surface area contributed by atoms with Gasteiger partial charge in [-0.3, -0.25) is 4.98 Å². The van der Waals surface area contributed by atoms with Gasteiger partial charge < -0.3 is 0 Å². The number of hydrogen-bond donors (Lipinski definition) is 0. The second-order valence-electron chi connectivity index (χ2n) is 7.19. The van der Waals surface area contributed by atoms with E-state index in [2.05, 4.69) is 15.1 Å². The van der Waals surface area contributed by atoms with Gasteiger partial charge >= 0.3 is 12.4 Å². The van der Waals surface area contributed by atoms with Gasteiger partial charge in [-0.1, -0.05) is 42.5 Å². The molecule has 0 amide bonds. The first-order valence-electron chi connectivity index (χ1n) is 9.91. The molecule has 11 heteroatoms. The average molecular weight is 485 g/mol. The molecule has 0 saturated heterocycles. The molecule has 2 aromatic carbocycles. The van der Waals surface area contributed by atoms with Crippen LogP contribution < -0.4 is 0 Å². The molecule has 4 rings (SSSR count). The van der Waals surface area contributed by atoms with E-state index in [0.717, 1.165) is 35.1 Å². The van der Waals surface area contributed by atoms with Gasteiger partial charge in [-0.2, -0.15) is 31.6 Å². The van der Waals surface area contributed by atoms with Gasteiger partial charge in [0.05, 0.1) is 16.7 Å². The topological polar surface area (TPSA) is 67.4 Å². The van der Waals surface area contributed by atoms with E-state index in [9.17, 15) is 31.6 Å². The van der Waals surface area contributed by atoms with Crippen molar-refractivity contribution in [3.05, 3.63) is 89.7 Å². The maximum Gasteiger partial charge on any atom is 0.417 e. The fraction of sp³-hybridized carbons (Fsp3) is 0.0833. The molecule has 0 fully saturated rings. The van der Waals surface area contributed by atoms with Gasteiger partial charge in [0.15, 0.2) is 11.6 Å². The number of allylic oxidation sites excluding steroid dienone is 1. The van der Waals surface area contributed by atoms with E-state index in [1.165, 1.54) is 36.7 Å². The van der Waals surface area contributed by atoms with Crippen LogP contribution in [0.2, 0.25) is 0 Å². The molecule has 35 heavy (non-hydrogen) atoms. The van der Waals surface area contributed by atoms with E-state index in [4.69, 9.17) is 0 Å². The first-order chi connectivity index (χ1) is 16.6. The molecule has 5 nitrogen and oxygen atoms in total. The van der Waals surface area contributed by atoms with Crippen molar-refractivity contribution in [2.24, 2.45) is 0 Å². The zero-order valence-corrected chi connectivity index (χ0v) is 17.5. The summed E-state index contributed by atoms with van der Waals surface area (Å²) < 4.78 is 82.8. The minimum atomic E-state index is -4.78. The van der Waals surface area contributed by atoms with Crippen molar-refractivity contribution in [1.82, 2.24) is 19.7 Å². The Bertz CT molecular complexity index is 1430. The number of rotatable bonds is 4. The summed E-state index contributed by atoms with van der Waals surface area (Å²) in [6, 6.07) is 13.9. The smallest absolute Gasteiger partial charge is 0.264 e. The van der Waals surface area contributed by atoms with E-state index < -0.39 is 40.4 Å². The summed E-state index contributed by atoms with van der Waals surface area (Å²) in [4.78, 5) is 7.96. The predicted octanol–water partition coefficient (Wildman–Crippen LogP) is 6.57. The Balaban J connectivity index is 2.00. The Hall–Kier alpha value is -4.46. The molecule has 0 unspecified atom stereocenters. The maximum atomic E-state index is 13.7. The van der Waals surface area contributed by atoms with Crippen LogP contribution in [-0.4, -0.2) is 19.7 Å². The summed E-state index contributed by atoms with van der Waals surface area (Å²) in [5.41, 5.74) is -2.65. The van der Waals surface area contributed by atoms with Crippen molar-refractivity contribution >= 4 is 11.8 Å². The summed E-state index contributed by atoms with van der Waals surface area (Å²) in [6.45, 7) is 0. The van der Waals surface area contributed by atoms with Gasteiger partial charge in [-0.05, 0) is 18.2 Å². The van der Waals surface area contributed by atoms with Gasteiger partial charge in [-0.15, -0.1) is 5.10 Å². The first-order valence-corrected chi connectivity index (χ1v) is 9.91. The molecule has 0 atom stereocenters. The standard InChI is InChI=1S/C24H13F6N5/c25-23(26,27)19-9-3-1-7-17(19)21-33-22(18-8-2-4-10-20(18)24(28,29)30)35(34-21)14-16(12-31)15-6-5-11-32-13-15/h1-11,13-14H/b16-14-. The summed E-state index contributed by atoms with van der Waals surface area (Å²) in [5.74, 6) is -0.842. The van der Waals surface area contributed by atoms with Crippen LogP contribution >= 0.6 is 0 Å². The molecule has 4 aromatic rings. The lowest BCUT2D eigenvalue weighted by molar-refractivity contribution is -0.137. The average Bonchev–Trinajstić information content (AvgIpc) is 3.25. The summed E-state index contributed by atoms with van der Waals surface area (Å²) in [6.07, 6.45) is -5.61.